The number of rotatable bonds is 2. The van der Waals surface area contributed by atoms with Crippen LogP contribution < -0.4 is 5.73 Å². The van der Waals surface area contributed by atoms with Crippen molar-refractivity contribution in [2.45, 2.75) is 4.90 Å². The van der Waals surface area contributed by atoms with Crippen molar-refractivity contribution in [3.63, 3.8) is 0 Å². The summed E-state index contributed by atoms with van der Waals surface area (Å²) in [7, 11) is -3.65. The van der Waals surface area contributed by atoms with Crippen LogP contribution in [0.15, 0.2) is 32.2 Å². The molecule has 0 radical (unpaired) electrons. The molecular weight excluding hydrogens is 327 g/mol. The minimum Gasteiger partial charge on any atom is -0.367 e. The number of benzene rings is 1. The van der Waals surface area contributed by atoms with E-state index >= 15 is 0 Å². The molecule has 0 atom stereocenters. The molecule has 0 unspecified atom stereocenters. The Morgan fingerprint density at radius 3 is 2.56 bits per heavy atom. The van der Waals surface area contributed by atoms with Crippen molar-refractivity contribution in [1.82, 2.24) is 5.16 Å². The third kappa shape index (κ3) is 2.25. The number of nitrogens with two attached hydrogens (primary N) is 1. The lowest BCUT2D eigenvalue weighted by Crippen LogP contribution is -2.02. The average Bonchev–Trinajstić information content (AvgIpc) is 2.60. The van der Waals surface area contributed by atoms with Crippen LogP contribution in [0.2, 0.25) is 0 Å². The third-order valence-electron chi connectivity index (χ3n) is 2.28. The van der Waals surface area contributed by atoms with Gasteiger partial charge in [0, 0.05) is 10.7 Å². The molecule has 2 rings (SSSR count). The monoisotopic (exact) mass is 334 g/mol. The van der Waals surface area contributed by atoms with Gasteiger partial charge in [0.15, 0.2) is 9.84 Å². The topological polar surface area (TPSA) is 86.2 Å². The molecule has 0 bridgehead atoms. The van der Waals surface area contributed by atoms with Gasteiger partial charge in [0.2, 0.25) is 5.88 Å². The fourth-order valence-electron chi connectivity index (χ4n) is 1.54. The molecule has 96 valence electrons. The molecule has 0 aliphatic heterocycles. The van der Waals surface area contributed by atoms with Crippen molar-refractivity contribution < 1.29 is 17.3 Å². The molecule has 0 fully saturated rings. The van der Waals surface area contributed by atoms with Crippen LogP contribution in [0.5, 0.6) is 0 Å². The van der Waals surface area contributed by atoms with Crippen molar-refractivity contribution >= 4 is 31.7 Å². The summed E-state index contributed by atoms with van der Waals surface area (Å²) in [5.74, 6) is -0.823. The summed E-state index contributed by atoms with van der Waals surface area (Å²) in [6.45, 7) is 0. The molecule has 0 aliphatic carbocycles. The number of sulfone groups is 1. The summed E-state index contributed by atoms with van der Waals surface area (Å²) in [6, 6.07) is 2.52. The predicted octanol–water partition coefficient (Wildman–Crippen LogP) is 2.23. The van der Waals surface area contributed by atoms with E-state index < -0.39 is 15.7 Å². The van der Waals surface area contributed by atoms with E-state index in [-0.39, 0.29) is 15.3 Å². The molecule has 1 aromatic carbocycles. The maximum atomic E-state index is 13.8. The molecule has 2 aromatic rings. The molecule has 1 heterocycles. The number of hydrogen-bond acceptors (Lipinski definition) is 5. The highest BCUT2D eigenvalue weighted by atomic mass is 79.9. The van der Waals surface area contributed by atoms with Gasteiger partial charge in [-0.25, -0.2) is 12.8 Å². The Kier molecular flexibility index (Phi) is 3.16. The van der Waals surface area contributed by atoms with Gasteiger partial charge in [-0.2, -0.15) is 0 Å². The summed E-state index contributed by atoms with van der Waals surface area (Å²) >= 11 is 3.03. The molecule has 0 aliphatic rings. The average molecular weight is 335 g/mol. The zero-order valence-electron chi connectivity index (χ0n) is 9.15. The zero-order valence-corrected chi connectivity index (χ0v) is 11.5. The van der Waals surface area contributed by atoms with Crippen LogP contribution in [0.1, 0.15) is 0 Å². The SMILES string of the molecule is CS(=O)(=O)c1c(F)cc(-c2cnoc2N)cc1Br. The van der Waals surface area contributed by atoms with E-state index in [0.717, 1.165) is 12.3 Å². The highest BCUT2D eigenvalue weighted by Crippen LogP contribution is 2.33. The summed E-state index contributed by atoms with van der Waals surface area (Å²) in [5, 5.41) is 3.47. The fraction of sp³-hybridized carbons (Fsp3) is 0.100. The summed E-state index contributed by atoms with van der Waals surface area (Å²) in [6.07, 6.45) is 2.26. The van der Waals surface area contributed by atoms with E-state index in [4.69, 9.17) is 5.73 Å². The number of anilines is 1. The van der Waals surface area contributed by atoms with Gasteiger partial charge < -0.3 is 10.3 Å². The molecule has 0 amide bonds. The van der Waals surface area contributed by atoms with Crippen molar-refractivity contribution in [3.8, 4) is 11.1 Å². The van der Waals surface area contributed by atoms with Gasteiger partial charge in [-0.15, -0.1) is 0 Å². The van der Waals surface area contributed by atoms with Crippen LogP contribution in [-0.4, -0.2) is 19.8 Å². The Labute approximate surface area is 111 Å². The van der Waals surface area contributed by atoms with Crippen molar-refractivity contribution in [2.24, 2.45) is 0 Å². The first-order valence-electron chi connectivity index (χ1n) is 4.70. The van der Waals surface area contributed by atoms with E-state index in [1.807, 2.05) is 0 Å². The lowest BCUT2D eigenvalue weighted by Gasteiger charge is -2.06. The molecule has 1 aromatic heterocycles. The summed E-state index contributed by atoms with van der Waals surface area (Å²) in [4.78, 5) is -0.388. The molecule has 5 nitrogen and oxygen atoms in total. The highest BCUT2D eigenvalue weighted by Gasteiger charge is 2.20. The molecule has 8 heteroatoms. The normalized spacial score (nSPS) is 11.7. The number of aromatic nitrogens is 1. The Morgan fingerprint density at radius 1 is 1.44 bits per heavy atom. The highest BCUT2D eigenvalue weighted by molar-refractivity contribution is 9.10. The smallest absolute Gasteiger partial charge is 0.229 e. The van der Waals surface area contributed by atoms with Crippen molar-refractivity contribution in [2.75, 3.05) is 12.0 Å². The van der Waals surface area contributed by atoms with Crippen LogP contribution in [0.25, 0.3) is 11.1 Å². The van der Waals surface area contributed by atoms with Crippen LogP contribution in [0.4, 0.5) is 10.3 Å². The number of hydrogen-bond donors (Lipinski definition) is 1. The van der Waals surface area contributed by atoms with E-state index in [9.17, 15) is 12.8 Å². The Hall–Kier alpha value is -1.41. The molecule has 18 heavy (non-hydrogen) atoms. The molecular formula is C10H8BrFN2O3S. The minimum atomic E-state index is -3.65. The van der Waals surface area contributed by atoms with Gasteiger partial charge in [-0.05, 0) is 33.6 Å². The predicted molar refractivity (Wildman–Crippen MR) is 67.1 cm³/mol. The van der Waals surface area contributed by atoms with Crippen molar-refractivity contribution in [1.29, 1.82) is 0 Å². The van der Waals surface area contributed by atoms with E-state index in [1.165, 1.54) is 12.3 Å². The quantitative estimate of drug-likeness (QED) is 0.909. The maximum Gasteiger partial charge on any atom is 0.229 e. The molecule has 0 spiro atoms. The van der Waals surface area contributed by atoms with Crippen LogP contribution >= 0.6 is 15.9 Å². The first-order chi connectivity index (χ1) is 8.30. The first-order valence-corrected chi connectivity index (χ1v) is 7.39. The Balaban J connectivity index is 2.68. The lowest BCUT2D eigenvalue weighted by atomic mass is 10.1. The minimum absolute atomic E-state index is 0.0356. The number of nitrogen functional groups attached to an aromatic ring is 1. The van der Waals surface area contributed by atoms with Crippen molar-refractivity contribution in [3.05, 3.63) is 28.6 Å². The van der Waals surface area contributed by atoms with Crippen LogP contribution in [0, 0.1) is 5.82 Å². The summed E-state index contributed by atoms with van der Waals surface area (Å²) in [5.41, 5.74) is 6.29. The van der Waals surface area contributed by atoms with Gasteiger partial charge in [0.1, 0.15) is 10.7 Å². The van der Waals surface area contributed by atoms with E-state index in [2.05, 4.69) is 25.6 Å². The van der Waals surface area contributed by atoms with Gasteiger partial charge in [0.25, 0.3) is 0 Å². The van der Waals surface area contributed by atoms with Crippen LogP contribution in [0.3, 0.4) is 0 Å². The van der Waals surface area contributed by atoms with E-state index in [0.29, 0.717) is 11.1 Å². The standard InChI is InChI=1S/C10H8BrFN2O3S/c1-18(15,16)9-7(11)2-5(3-8(9)12)6-4-14-17-10(6)13/h2-4H,13H2,1H3. The maximum absolute atomic E-state index is 13.8. The van der Waals surface area contributed by atoms with Gasteiger partial charge in [-0.3, -0.25) is 0 Å². The van der Waals surface area contributed by atoms with Gasteiger partial charge >= 0.3 is 0 Å². The number of nitrogens with zero attached hydrogens (tertiary/aromatic N) is 1. The molecule has 2 N–H and O–H groups in total. The first kappa shape index (κ1) is 13.0. The van der Waals surface area contributed by atoms with Gasteiger partial charge in [0.05, 0.1) is 11.8 Å². The van der Waals surface area contributed by atoms with Gasteiger partial charge in [-0.1, -0.05) is 5.16 Å². The third-order valence-corrected chi connectivity index (χ3v) is 4.32. The fourth-order valence-corrected chi connectivity index (χ4v) is 3.68. The lowest BCUT2D eigenvalue weighted by molar-refractivity contribution is 0.436. The second-order valence-electron chi connectivity index (χ2n) is 3.64. The number of halogens is 2. The second kappa shape index (κ2) is 4.36. The molecule has 0 saturated heterocycles. The largest absolute Gasteiger partial charge is 0.367 e. The zero-order chi connectivity index (χ0) is 13.5. The van der Waals surface area contributed by atoms with Crippen LogP contribution in [-0.2, 0) is 9.84 Å². The second-order valence-corrected chi connectivity index (χ2v) is 6.45. The Bertz CT molecular complexity index is 689. The Morgan fingerprint density at radius 2 is 2.11 bits per heavy atom. The summed E-state index contributed by atoms with van der Waals surface area (Å²) < 4.78 is 41.5. The van der Waals surface area contributed by atoms with E-state index in [1.54, 1.807) is 0 Å². The molecule has 0 saturated carbocycles.